The van der Waals surface area contributed by atoms with E-state index in [1.807, 2.05) is 0 Å². The van der Waals surface area contributed by atoms with Gasteiger partial charge in [-0.1, -0.05) is 18.2 Å². The molecule has 1 aromatic carbocycles. The lowest BCUT2D eigenvalue weighted by Gasteiger charge is -2.20. The van der Waals surface area contributed by atoms with E-state index in [-0.39, 0.29) is 0 Å². The van der Waals surface area contributed by atoms with Gasteiger partial charge in [-0.15, -0.1) is 0 Å². The summed E-state index contributed by atoms with van der Waals surface area (Å²) in [4.78, 5) is 2.61. The van der Waals surface area contributed by atoms with Crippen LogP contribution in [-0.2, 0) is 6.54 Å². The Morgan fingerprint density at radius 3 is 3.21 bits per heavy atom. The molecule has 2 heteroatoms. The van der Waals surface area contributed by atoms with Crippen LogP contribution >= 0.6 is 0 Å². The normalized spacial score (nSPS) is 26.1. The summed E-state index contributed by atoms with van der Waals surface area (Å²) in [5.74, 6) is 0. The highest BCUT2D eigenvalue weighted by Crippen LogP contribution is 2.27. The van der Waals surface area contributed by atoms with Gasteiger partial charge in [0.1, 0.15) is 0 Å². The number of hydrogen-bond acceptors (Lipinski definition) is 2. The van der Waals surface area contributed by atoms with Crippen LogP contribution < -0.4 is 5.32 Å². The Labute approximate surface area is 84.9 Å². The fraction of sp³-hybridized carbons (Fsp3) is 0.500. The summed E-state index contributed by atoms with van der Waals surface area (Å²) in [5.41, 5.74) is 2.79. The van der Waals surface area contributed by atoms with Gasteiger partial charge >= 0.3 is 0 Å². The van der Waals surface area contributed by atoms with Crippen LogP contribution in [0.25, 0.3) is 0 Å². The minimum atomic E-state index is 0.766. The molecule has 74 valence electrons. The van der Waals surface area contributed by atoms with E-state index in [1.165, 1.54) is 30.6 Å². The van der Waals surface area contributed by atoms with Crippen LogP contribution in [0, 0.1) is 0 Å². The molecule has 0 radical (unpaired) electrons. The Kier molecular flexibility index (Phi) is 1.95. The molecule has 2 aliphatic rings. The van der Waals surface area contributed by atoms with Crippen molar-refractivity contribution in [3.8, 4) is 0 Å². The number of benzene rings is 1. The van der Waals surface area contributed by atoms with Crippen molar-refractivity contribution >= 4 is 5.69 Å². The van der Waals surface area contributed by atoms with Crippen molar-refractivity contribution < 1.29 is 0 Å². The van der Waals surface area contributed by atoms with E-state index in [1.54, 1.807) is 0 Å². The Balaban J connectivity index is 1.93. The summed E-state index contributed by atoms with van der Waals surface area (Å²) in [6.07, 6.45) is 2.73. The van der Waals surface area contributed by atoms with E-state index in [0.717, 1.165) is 19.1 Å². The molecule has 2 heterocycles. The number of para-hydroxylation sites is 1. The Morgan fingerprint density at radius 1 is 1.29 bits per heavy atom. The van der Waals surface area contributed by atoms with Gasteiger partial charge in [0.2, 0.25) is 0 Å². The molecule has 2 nitrogen and oxygen atoms in total. The topological polar surface area (TPSA) is 15.3 Å². The molecule has 1 fully saturated rings. The SMILES string of the molecule is c1ccc2c(c1)CN1CCC[C@H]1CN2. The number of hydrogen-bond donors (Lipinski definition) is 1. The molecule has 0 saturated carbocycles. The number of rotatable bonds is 0. The van der Waals surface area contributed by atoms with Crippen LogP contribution in [0.15, 0.2) is 24.3 Å². The molecular formula is C12H16N2. The fourth-order valence-corrected chi connectivity index (χ4v) is 2.61. The van der Waals surface area contributed by atoms with Gasteiger partial charge in [-0.3, -0.25) is 4.90 Å². The molecule has 1 saturated heterocycles. The average Bonchev–Trinajstić information content (AvgIpc) is 2.58. The van der Waals surface area contributed by atoms with E-state index in [2.05, 4.69) is 34.5 Å². The second kappa shape index (κ2) is 3.28. The number of nitrogens with zero attached hydrogens (tertiary/aromatic N) is 1. The molecule has 0 amide bonds. The summed E-state index contributed by atoms with van der Waals surface area (Å²) >= 11 is 0. The van der Waals surface area contributed by atoms with Gasteiger partial charge in [0.15, 0.2) is 0 Å². The molecule has 0 aliphatic carbocycles. The first-order valence-electron chi connectivity index (χ1n) is 5.49. The minimum Gasteiger partial charge on any atom is -0.383 e. The Morgan fingerprint density at radius 2 is 2.21 bits per heavy atom. The zero-order valence-corrected chi connectivity index (χ0v) is 8.37. The number of anilines is 1. The maximum atomic E-state index is 3.55. The number of fused-ring (bicyclic) bond motifs is 2. The third-order valence-corrected chi connectivity index (χ3v) is 3.42. The lowest BCUT2D eigenvalue weighted by molar-refractivity contribution is 0.259. The predicted molar refractivity (Wildman–Crippen MR) is 58.4 cm³/mol. The highest BCUT2D eigenvalue weighted by atomic mass is 15.2. The first-order valence-corrected chi connectivity index (χ1v) is 5.49. The highest BCUT2D eigenvalue weighted by molar-refractivity contribution is 5.52. The van der Waals surface area contributed by atoms with Crippen LogP contribution in [0.5, 0.6) is 0 Å². The first kappa shape index (κ1) is 8.30. The van der Waals surface area contributed by atoms with E-state index < -0.39 is 0 Å². The summed E-state index contributed by atoms with van der Waals surface area (Å²) in [6.45, 7) is 3.53. The van der Waals surface area contributed by atoms with Crippen LogP contribution in [0.3, 0.4) is 0 Å². The van der Waals surface area contributed by atoms with E-state index in [4.69, 9.17) is 0 Å². The van der Waals surface area contributed by atoms with Crippen molar-refractivity contribution in [3.63, 3.8) is 0 Å². The van der Waals surface area contributed by atoms with Crippen LogP contribution in [0.2, 0.25) is 0 Å². The van der Waals surface area contributed by atoms with Crippen molar-refractivity contribution in [2.75, 3.05) is 18.4 Å². The molecular weight excluding hydrogens is 172 g/mol. The van der Waals surface area contributed by atoms with Gasteiger partial charge in [-0.25, -0.2) is 0 Å². The lowest BCUT2D eigenvalue weighted by Crippen LogP contribution is -2.31. The van der Waals surface area contributed by atoms with Gasteiger partial charge in [0.05, 0.1) is 0 Å². The molecule has 14 heavy (non-hydrogen) atoms. The standard InChI is InChI=1S/C12H16N2/c1-2-6-12-10(4-1)9-14-7-3-5-11(14)8-13-12/h1-2,4,6,11,13H,3,5,7-9H2/t11-/m0/s1. The van der Waals surface area contributed by atoms with E-state index in [0.29, 0.717) is 0 Å². The van der Waals surface area contributed by atoms with Crippen molar-refractivity contribution in [1.82, 2.24) is 4.90 Å². The third kappa shape index (κ3) is 1.30. The van der Waals surface area contributed by atoms with Crippen LogP contribution in [0.1, 0.15) is 18.4 Å². The molecule has 1 N–H and O–H groups in total. The maximum Gasteiger partial charge on any atom is 0.0386 e. The molecule has 3 rings (SSSR count). The largest absolute Gasteiger partial charge is 0.383 e. The van der Waals surface area contributed by atoms with E-state index in [9.17, 15) is 0 Å². The second-order valence-corrected chi connectivity index (χ2v) is 4.30. The van der Waals surface area contributed by atoms with Gasteiger partial charge < -0.3 is 5.32 Å². The summed E-state index contributed by atoms with van der Waals surface area (Å²) < 4.78 is 0. The smallest absolute Gasteiger partial charge is 0.0386 e. The van der Waals surface area contributed by atoms with Crippen LogP contribution in [-0.4, -0.2) is 24.0 Å². The minimum absolute atomic E-state index is 0.766. The molecule has 1 atom stereocenters. The number of nitrogens with one attached hydrogen (secondary N) is 1. The molecule has 2 aliphatic heterocycles. The molecule has 0 aromatic heterocycles. The summed E-state index contributed by atoms with van der Waals surface area (Å²) in [5, 5.41) is 3.55. The van der Waals surface area contributed by atoms with Gasteiger partial charge in [-0.2, -0.15) is 0 Å². The summed E-state index contributed by atoms with van der Waals surface area (Å²) in [6, 6.07) is 9.45. The molecule has 1 aromatic rings. The molecule has 0 bridgehead atoms. The average molecular weight is 188 g/mol. The third-order valence-electron chi connectivity index (χ3n) is 3.42. The fourth-order valence-electron chi connectivity index (χ4n) is 2.61. The molecule has 0 unspecified atom stereocenters. The lowest BCUT2D eigenvalue weighted by atomic mass is 10.2. The Hall–Kier alpha value is -1.02. The first-order chi connectivity index (χ1) is 6.93. The van der Waals surface area contributed by atoms with Crippen molar-refractivity contribution in [1.29, 1.82) is 0 Å². The quantitative estimate of drug-likeness (QED) is 0.670. The zero-order valence-electron chi connectivity index (χ0n) is 8.37. The van der Waals surface area contributed by atoms with Crippen LogP contribution in [0.4, 0.5) is 5.69 Å². The second-order valence-electron chi connectivity index (χ2n) is 4.30. The van der Waals surface area contributed by atoms with Crippen molar-refractivity contribution in [3.05, 3.63) is 29.8 Å². The van der Waals surface area contributed by atoms with Crippen molar-refractivity contribution in [2.45, 2.75) is 25.4 Å². The Bertz CT molecular complexity index is 335. The van der Waals surface area contributed by atoms with Gasteiger partial charge in [0.25, 0.3) is 0 Å². The zero-order chi connectivity index (χ0) is 9.38. The maximum absolute atomic E-state index is 3.55. The van der Waals surface area contributed by atoms with E-state index >= 15 is 0 Å². The predicted octanol–water partition coefficient (Wildman–Crippen LogP) is 2.08. The summed E-state index contributed by atoms with van der Waals surface area (Å²) in [7, 11) is 0. The molecule has 0 spiro atoms. The van der Waals surface area contributed by atoms with Gasteiger partial charge in [-0.05, 0) is 31.0 Å². The van der Waals surface area contributed by atoms with Crippen molar-refractivity contribution in [2.24, 2.45) is 0 Å². The monoisotopic (exact) mass is 188 g/mol. The highest BCUT2D eigenvalue weighted by Gasteiger charge is 2.27. The van der Waals surface area contributed by atoms with Gasteiger partial charge in [0, 0.05) is 24.8 Å².